The smallest absolute Gasteiger partial charge is 0.202 e. The highest BCUT2D eigenvalue weighted by Gasteiger charge is 2.50. The van der Waals surface area contributed by atoms with Crippen LogP contribution >= 0.6 is 0 Å². The molecule has 246 valence electrons. The van der Waals surface area contributed by atoms with Gasteiger partial charge < -0.3 is 44.5 Å². The summed E-state index contributed by atoms with van der Waals surface area (Å²) in [6.45, 7) is 6.36. The molecule has 2 aliphatic carbocycles. The number of hydrogen-bond acceptors (Lipinski definition) is 13. The van der Waals surface area contributed by atoms with Gasteiger partial charge in [-0.2, -0.15) is 0 Å². The Kier molecular flexibility index (Phi) is 8.28. The second kappa shape index (κ2) is 11.8. The average Bonchev–Trinajstić information content (AvgIpc) is 2.96. The zero-order valence-electron chi connectivity index (χ0n) is 25.8. The molecule has 0 bridgehead atoms. The third-order valence-corrected chi connectivity index (χ3v) is 9.18. The molecule has 0 amide bonds. The van der Waals surface area contributed by atoms with Crippen LogP contribution in [0.1, 0.15) is 96.0 Å². The molecule has 0 aromatic heterocycles. The summed E-state index contributed by atoms with van der Waals surface area (Å²) < 4.78 is 24.5. The summed E-state index contributed by atoms with van der Waals surface area (Å²) in [6.07, 6.45) is -4.04. The molecule has 1 fully saturated rings. The van der Waals surface area contributed by atoms with E-state index >= 15 is 0 Å². The van der Waals surface area contributed by atoms with Gasteiger partial charge in [0.2, 0.25) is 5.78 Å². The molecular weight excluding hydrogens is 602 g/mol. The van der Waals surface area contributed by atoms with Crippen molar-refractivity contribution in [2.45, 2.75) is 108 Å². The van der Waals surface area contributed by atoms with Crippen molar-refractivity contribution in [1.82, 2.24) is 0 Å². The van der Waals surface area contributed by atoms with Gasteiger partial charge >= 0.3 is 0 Å². The Morgan fingerprint density at radius 1 is 1.07 bits per heavy atom. The Morgan fingerprint density at radius 3 is 2.48 bits per heavy atom. The second-order valence-corrected chi connectivity index (χ2v) is 12.6. The molecule has 0 radical (unpaired) electrons. The number of Topliss-reactive ketones (excluding diaryl/α,β-unsaturated/α-hetero) is 1. The first-order chi connectivity index (χ1) is 21.7. The molecule has 9 atom stereocenters. The molecule has 13 nitrogen and oxygen atoms in total. The van der Waals surface area contributed by atoms with Gasteiger partial charge in [-0.15, -0.1) is 0 Å². The van der Waals surface area contributed by atoms with E-state index in [1.807, 2.05) is 0 Å². The number of phenols is 3. The number of ketones is 3. The van der Waals surface area contributed by atoms with Gasteiger partial charge in [-0.1, -0.05) is 12.1 Å². The van der Waals surface area contributed by atoms with Gasteiger partial charge in [-0.25, -0.2) is 0 Å². The summed E-state index contributed by atoms with van der Waals surface area (Å²) in [4.78, 5) is 44.5. The van der Waals surface area contributed by atoms with Crippen molar-refractivity contribution in [1.29, 1.82) is 0 Å². The Bertz CT molecular complexity index is 1630. The van der Waals surface area contributed by atoms with E-state index in [1.54, 1.807) is 27.0 Å². The summed E-state index contributed by atoms with van der Waals surface area (Å²) in [5.74, 6) is -4.11. The normalized spacial score (nSPS) is 32.8. The highest BCUT2D eigenvalue weighted by atomic mass is 16.7. The Labute approximate surface area is 264 Å². The topological polar surface area (TPSA) is 202 Å². The molecule has 0 saturated carbocycles. The van der Waals surface area contributed by atoms with E-state index in [-0.39, 0.29) is 41.5 Å². The minimum Gasteiger partial charge on any atom is -0.507 e. The van der Waals surface area contributed by atoms with E-state index in [2.05, 4.69) is 4.99 Å². The van der Waals surface area contributed by atoms with Crippen molar-refractivity contribution in [3.05, 3.63) is 51.6 Å². The van der Waals surface area contributed by atoms with Crippen LogP contribution < -0.4 is 0 Å². The lowest BCUT2D eigenvalue weighted by Crippen LogP contribution is -2.52. The molecule has 6 rings (SSSR count). The van der Waals surface area contributed by atoms with Crippen LogP contribution in [0.2, 0.25) is 0 Å². The van der Waals surface area contributed by atoms with Crippen molar-refractivity contribution in [3.63, 3.8) is 0 Å². The molecule has 13 heteroatoms. The van der Waals surface area contributed by atoms with Gasteiger partial charge in [0.25, 0.3) is 0 Å². The van der Waals surface area contributed by atoms with Crippen LogP contribution in [0.25, 0.3) is 0 Å². The summed E-state index contributed by atoms with van der Waals surface area (Å²) in [6, 6.07) is 3.46. The van der Waals surface area contributed by atoms with Crippen LogP contribution in [0.15, 0.2) is 23.2 Å². The summed E-state index contributed by atoms with van der Waals surface area (Å²) in [7, 11) is 0. The van der Waals surface area contributed by atoms with E-state index in [9.17, 15) is 39.9 Å². The number of hydrogen-bond donors (Lipinski definition) is 5. The Morgan fingerprint density at radius 2 is 1.78 bits per heavy atom. The molecule has 4 aliphatic rings. The van der Waals surface area contributed by atoms with E-state index in [1.165, 1.54) is 25.1 Å². The fourth-order valence-corrected chi connectivity index (χ4v) is 6.88. The van der Waals surface area contributed by atoms with Crippen LogP contribution in [0.4, 0.5) is 0 Å². The highest BCUT2D eigenvalue weighted by Crippen LogP contribution is 2.52. The number of ether oxygens (including phenoxy) is 4. The van der Waals surface area contributed by atoms with Crippen LogP contribution in [-0.4, -0.2) is 97.7 Å². The van der Waals surface area contributed by atoms with Crippen LogP contribution in [0, 0.1) is 0 Å². The molecule has 2 heterocycles. The van der Waals surface area contributed by atoms with Crippen molar-refractivity contribution in [2.24, 2.45) is 4.99 Å². The third kappa shape index (κ3) is 5.40. The molecule has 2 aliphatic heterocycles. The lowest BCUT2D eigenvalue weighted by atomic mass is 9.72. The largest absolute Gasteiger partial charge is 0.507 e. The van der Waals surface area contributed by atoms with E-state index in [4.69, 9.17) is 18.9 Å². The summed E-state index contributed by atoms with van der Waals surface area (Å²) >= 11 is 0. The van der Waals surface area contributed by atoms with Crippen molar-refractivity contribution in [2.75, 3.05) is 0 Å². The van der Waals surface area contributed by atoms with Gasteiger partial charge in [0.15, 0.2) is 24.1 Å². The van der Waals surface area contributed by atoms with Gasteiger partial charge in [-0.3, -0.25) is 19.4 Å². The molecule has 1 saturated heterocycles. The fraction of sp³-hybridized carbons (Fsp3) is 0.515. The van der Waals surface area contributed by atoms with Gasteiger partial charge in [0, 0.05) is 48.6 Å². The molecular formula is C33H37NO12. The Balaban J connectivity index is 1.39. The minimum atomic E-state index is -2.04. The number of nitrogens with zero attached hydrogens (tertiary/aromatic N) is 1. The molecule has 5 N–H and O–H groups in total. The number of aliphatic hydroxyl groups excluding tert-OH is 1. The number of carbonyl (C=O) groups is 3. The number of aliphatic imine (C=N–C) groups is 1. The van der Waals surface area contributed by atoms with Crippen LogP contribution in [0.3, 0.4) is 0 Å². The average molecular weight is 640 g/mol. The van der Waals surface area contributed by atoms with Crippen LogP contribution in [-0.2, 0) is 30.2 Å². The van der Waals surface area contributed by atoms with Gasteiger partial charge in [-0.05, 0) is 33.8 Å². The molecule has 46 heavy (non-hydrogen) atoms. The molecule has 7 unspecified atom stereocenters. The molecule has 2 aromatic carbocycles. The SMILES string of the molecule is CC(=O)[C@]1(O)Cc2c(O)c3c(c(O)c2[C@@H](OC2CC4N=CC(C)OC(CC(C)O)OC4C(C)O2)C1)C(=O)c1c(O)cccc1C3=O. The van der Waals surface area contributed by atoms with E-state index in [0.29, 0.717) is 0 Å². The highest BCUT2D eigenvalue weighted by molar-refractivity contribution is 6.31. The number of aromatic hydroxyl groups is 3. The lowest BCUT2D eigenvalue weighted by molar-refractivity contribution is -0.283. The first-order valence-corrected chi connectivity index (χ1v) is 15.3. The summed E-state index contributed by atoms with van der Waals surface area (Å²) in [5, 5.41) is 54.9. The molecule has 2 aromatic rings. The number of rotatable bonds is 5. The first-order valence-electron chi connectivity index (χ1n) is 15.3. The standard InChI is InChI=1S/C33H37NO12/c1-13(35)8-22-43-14(2)12-34-19-9-23(44-15(3)32(19)46-22)45-21-11-33(42,16(4)36)10-18-25(21)31(41)27-26(29(18)39)28(38)17-6-5-7-20(37)24(17)30(27)40/h5-7,12-15,19,21-23,32,35,37,39,41-42H,8-11H2,1-4H3/t13?,14?,15?,19?,21-,22?,23?,32?,33-/m0/s1. The number of phenolic OH excluding ortho intramolecular Hbond substituents is 3. The molecule has 0 spiro atoms. The van der Waals surface area contributed by atoms with Crippen molar-refractivity contribution >= 4 is 23.6 Å². The fourth-order valence-electron chi connectivity index (χ4n) is 6.88. The predicted octanol–water partition coefficient (Wildman–Crippen LogP) is 2.38. The van der Waals surface area contributed by atoms with Gasteiger partial charge in [0.1, 0.15) is 29.0 Å². The van der Waals surface area contributed by atoms with E-state index < -0.39 is 107 Å². The quantitative estimate of drug-likeness (QED) is 0.256. The maximum atomic E-state index is 13.6. The van der Waals surface area contributed by atoms with E-state index in [0.717, 1.165) is 0 Å². The van der Waals surface area contributed by atoms with Crippen molar-refractivity contribution < 1.29 is 58.9 Å². The third-order valence-electron chi connectivity index (χ3n) is 9.18. The Hall–Kier alpha value is -3.72. The zero-order chi connectivity index (χ0) is 33.2. The van der Waals surface area contributed by atoms with Crippen molar-refractivity contribution in [3.8, 4) is 17.2 Å². The number of aliphatic hydroxyl groups is 2. The maximum absolute atomic E-state index is 13.6. The van der Waals surface area contributed by atoms with Crippen LogP contribution in [0.5, 0.6) is 17.2 Å². The summed E-state index contributed by atoms with van der Waals surface area (Å²) in [5.41, 5.74) is -3.69. The lowest BCUT2D eigenvalue weighted by Gasteiger charge is -2.44. The maximum Gasteiger partial charge on any atom is 0.202 e. The minimum absolute atomic E-state index is 0.0722. The number of carbonyl (C=O) groups excluding carboxylic acids is 3. The first kappa shape index (κ1) is 32.2. The number of fused-ring (bicyclic) bond motifs is 4. The predicted molar refractivity (Wildman–Crippen MR) is 159 cm³/mol. The monoisotopic (exact) mass is 639 g/mol. The number of benzene rings is 2. The van der Waals surface area contributed by atoms with Gasteiger partial charge in [0.05, 0.1) is 47.1 Å². The zero-order valence-corrected chi connectivity index (χ0v) is 25.8. The second-order valence-electron chi connectivity index (χ2n) is 12.6.